The molecule has 0 spiro atoms. The van der Waals surface area contributed by atoms with Crippen LogP contribution in [0.4, 0.5) is 26.3 Å². The highest BCUT2D eigenvalue weighted by molar-refractivity contribution is 8.18. The molecule has 212 valence electrons. The Balaban J connectivity index is 1.29. The molecule has 1 fully saturated rings. The van der Waals surface area contributed by atoms with E-state index in [9.17, 15) is 31.1 Å². The molecule has 3 heterocycles. The molecule has 1 saturated heterocycles. The van der Waals surface area contributed by atoms with Gasteiger partial charge in [-0.05, 0) is 59.7 Å². The van der Waals surface area contributed by atoms with Crippen LogP contribution in [0.5, 0.6) is 0 Å². The highest BCUT2D eigenvalue weighted by Crippen LogP contribution is 2.35. The van der Waals surface area contributed by atoms with Gasteiger partial charge in [-0.15, -0.1) is 0 Å². The van der Waals surface area contributed by atoms with Crippen LogP contribution < -0.4 is 0 Å². The molecule has 1 amide bonds. The first-order chi connectivity index (χ1) is 18.9. The van der Waals surface area contributed by atoms with Gasteiger partial charge in [0.2, 0.25) is 0 Å². The molecule has 5 rings (SSSR count). The zero-order valence-electron chi connectivity index (χ0n) is 20.8. The molecule has 0 N–H and O–H groups in total. The Morgan fingerprint density at radius 1 is 1.00 bits per heavy atom. The van der Waals surface area contributed by atoms with Gasteiger partial charge in [-0.3, -0.25) is 14.4 Å². The smallest absolute Gasteiger partial charge is 0.349 e. The summed E-state index contributed by atoms with van der Waals surface area (Å²) in [5, 5.41) is 5.38. The van der Waals surface area contributed by atoms with Crippen molar-refractivity contribution >= 4 is 51.4 Å². The van der Waals surface area contributed by atoms with Gasteiger partial charge in [0, 0.05) is 36.6 Å². The van der Waals surface area contributed by atoms with E-state index in [1.807, 2.05) is 4.90 Å². The summed E-state index contributed by atoms with van der Waals surface area (Å²) in [5.74, 6) is -0.436. The van der Waals surface area contributed by atoms with Crippen LogP contribution in [0.3, 0.4) is 0 Å². The number of alkyl halides is 6. The largest absolute Gasteiger partial charge is 0.416 e. The van der Waals surface area contributed by atoms with Gasteiger partial charge in [-0.1, -0.05) is 23.7 Å². The van der Waals surface area contributed by atoms with E-state index >= 15 is 0 Å². The van der Waals surface area contributed by atoms with Crippen LogP contribution in [0.2, 0.25) is 5.02 Å². The molecule has 14 heteroatoms. The van der Waals surface area contributed by atoms with Crippen LogP contribution in [0, 0.1) is 0 Å². The number of halogens is 7. The Kier molecular flexibility index (Phi) is 7.90. The molecule has 1 aromatic heterocycles. The van der Waals surface area contributed by atoms with Crippen LogP contribution in [-0.4, -0.2) is 69.6 Å². The maximum atomic E-state index is 13.5. The summed E-state index contributed by atoms with van der Waals surface area (Å²) in [6.07, 6.45) is -5.11. The monoisotopic (exact) mass is 601 g/mol. The minimum Gasteiger partial charge on any atom is -0.349 e. The van der Waals surface area contributed by atoms with E-state index in [1.54, 1.807) is 24.3 Å². The highest BCUT2D eigenvalue weighted by atomic mass is 35.5. The molecule has 0 saturated carbocycles. The van der Waals surface area contributed by atoms with Crippen molar-refractivity contribution in [1.29, 1.82) is 0 Å². The van der Waals surface area contributed by atoms with E-state index in [0.29, 0.717) is 52.6 Å². The number of carbonyl (C=O) groups excluding carboxylic acids is 1. The number of amides is 1. The number of hydrogen-bond acceptors (Lipinski definition) is 5. The van der Waals surface area contributed by atoms with E-state index in [1.165, 1.54) is 39.7 Å². The van der Waals surface area contributed by atoms with Crippen LogP contribution in [0.1, 0.15) is 23.1 Å². The number of carbonyl (C=O) groups is 1. The van der Waals surface area contributed by atoms with Crippen molar-refractivity contribution in [2.45, 2.75) is 25.3 Å². The molecule has 0 radical (unpaired) electrons. The Labute approximate surface area is 234 Å². The van der Waals surface area contributed by atoms with Crippen molar-refractivity contribution in [3.05, 3.63) is 69.2 Å². The van der Waals surface area contributed by atoms with Gasteiger partial charge < -0.3 is 4.90 Å². The first kappa shape index (κ1) is 28.5. The quantitative estimate of drug-likeness (QED) is 0.260. The Morgan fingerprint density at radius 2 is 1.80 bits per heavy atom. The molecule has 0 bridgehead atoms. The Hall–Kier alpha value is -3.03. The molecule has 2 aliphatic heterocycles. The third kappa shape index (κ3) is 6.64. The van der Waals surface area contributed by atoms with Gasteiger partial charge in [-0.25, -0.2) is 0 Å². The minimum atomic E-state index is -4.56. The average molecular weight is 602 g/mol. The fourth-order valence-corrected chi connectivity index (χ4v) is 5.83. The lowest BCUT2D eigenvalue weighted by atomic mass is 10.1. The summed E-state index contributed by atoms with van der Waals surface area (Å²) in [6.45, 7) is 0.276. The van der Waals surface area contributed by atoms with E-state index in [0.717, 1.165) is 6.07 Å². The SMILES string of the molecule is O=C1N=C(N2CCCN(CC(F)(F)F)CC2)SC1=Cc1ccc2c(cnn2Cc2ccc(Cl)cc2C(F)(F)F)c1. The molecular weight excluding hydrogens is 580 g/mol. The third-order valence-electron chi connectivity index (χ3n) is 6.53. The van der Waals surface area contributed by atoms with Crippen molar-refractivity contribution in [2.75, 3.05) is 32.7 Å². The fourth-order valence-electron chi connectivity index (χ4n) is 4.69. The fraction of sp³-hybridized carbons (Fsp3) is 0.346. The second-order valence-corrected chi connectivity index (χ2v) is 10.9. The van der Waals surface area contributed by atoms with Crippen LogP contribution >= 0.6 is 23.4 Å². The number of amidine groups is 1. The van der Waals surface area contributed by atoms with Gasteiger partial charge in [-0.2, -0.15) is 36.4 Å². The maximum absolute atomic E-state index is 13.5. The van der Waals surface area contributed by atoms with E-state index < -0.39 is 30.4 Å². The van der Waals surface area contributed by atoms with Crippen molar-refractivity contribution in [1.82, 2.24) is 19.6 Å². The normalized spacial score (nSPS) is 18.6. The van der Waals surface area contributed by atoms with Gasteiger partial charge in [0.1, 0.15) is 0 Å². The van der Waals surface area contributed by atoms with Gasteiger partial charge in [0.15, 0.2) is 5.17 Å². The number of aliphatic imine (C=N–C) groups is 1. The maximum Gasteiger partial charge on any atom is 0.416 e. The van der Waals surface area contributed by atoms with E-state index in [-0.39, 0.29) is 23.7 Å². The second kappa shape index (κ2) is 11.1. The number of thioether (sulfide) groups is 1. The Bertz CT molecular complexity index is 1500. The number of fused-ring (bicyclic) bond motifs is 1. The van der Waals surface area contributed by atoms with Crippen LogP contribution in [-0.2, 0) is 17.5 Å². The van der Waals surface area contributed by atoms with Crippen molar-refractivity contribution in [3.63, 3.8) is 0 Å². The standard InChI is InChI=1S/C26H22ClF6N5OS/c27-19-4-3-17(20(12-19)26(31,32)33)14-38-21-5-2-16(10-18(21)13-34-38)11-22-23(39)35-24(40-22)37-7-1-6-36(8-9-37)15-25(28,29)30/h2-5,10-13H,1,6-9,14-15H2. The lowest BCUT2D eigenvalue weighted by Gasteiger charge is -2.23. The summed E-state index contributed by atoms with van der Waals surface area (Å²) in [7, 11) is 0. The van der Waals surface area contributed by atoms with Gasteiger partial charge in [0.05, 0.1) is 35.3 Å². The number of rotatable bonds is 4. The topological polar surface area (TPSA) is 53.7 Å². The first-order valence-electron chi connectivity index (χ1n) is 12.2. The molecule has 0 aliphatic carbocycles. The second-order valence-electron chi connectivity index (χ2n) is 9.46. The average Bonchev–Trinajstić information content (AvgIpc) is 3.34. The lowest BCUT2D eigenvalue weighted by Crippen LogP contribution is -2.37. The van der Waals surface area contributed by atoms with Crippen molar-refractivity contribution in [2.24, 2.45) is 4.99 Å². The van der Waals surface area contributed by atoms with Gasteiger partial charge in [0.25, 0.3) is 5.91 Å². The van der Waals surface area contributed by atoms with E-state index in [4.69, 9.17) is 11.6 Å². The Morgan fingerprint density at radius 3 is 2.55 bits per heavy atom. The number of aromatic nitrogens is 2. The molecule has 0 unspecified atom stereocenters. The summed E-state index contributed by atoms with van der Waals surface area (Å²) >= 11 is 6.95. The highest BCUT2D eigenvalue weighted by Gasteiger charge is 2.34. The molecule has 2 aliphatic rings. The molecule has 6 nitrogen and oxygen atoms in total. The molecule has 2 aromatic carbocycles. The van der Waals surface area contributed by atoms with E-state index in [2.05, 4.69) is 10.1 Å². The van der Waals surface area contributed by atoms with Gasteiger partial charge >= 0.3 is 12.4 Å². The predicted molar refractivity (Wildman–Crippen MR) is 142 cm³/mol. The lowest BCUT2D eigenvalue weighted by molar-refractivity contribution is -0.145. The predicted octanol–water partition coefficient (Wildman–Crippen LogP) is 6.30. The molecule has 3 aromatic rings. The molecule has 0 atom stereocenters. The summed E-state index contributed by atoms with van der Waals surface area (Å²) in [5.41, 5.74) is 0.491. The molecule has 40 heavy (non-hydrogen) atoms. The number of benzene rings is 2. The minimum absolute atomic E-state index is 0.00943. The van der Waals surface area contributed by atoms with Crippen LogP contribution in [0.25, 0.3) is 17.0 Å². The zero-order valence-corrected chi connectivity index (χ0v) is 22.3. The zero-order chi connectivity index (χ0) is 28.7. The number of nitrogens with zero attached hydrogens (tertiary/aromatic N) is 5. The number of hydrogen-bond donors (Lipinski definition) is 0. The van der Waals surface area contributed by atoms with Crippen molar-refractivity contribution in [3.8, 4) is 0 Å². The van der Waals surface area contributed by atoms with Crippen molar-refractivity contribution < 1.29 is 31.1 Å². The van der Waals surface area contributed by atoms with Crippen LogP contribution in [0.15, 0.2) is 52.5 Å². The third-order valence-corrected chi connectivity index (χ3v) is 7.81. The molecular formula is C26H22ClF6N5OS. The summed E-state index contributed by atoms with van der Waals surface area (Å²) in [4.78, 5) is 20.3. The first-order valence-corrected chi connectivity index (χ1v) is 13.4. The summed E-state index contributed by atoms with van der Waals surface area (Å²) in [6, 6.07) is 8.84. The summed E-state index contributed by atoms with van der Waals surface area (Å²) < 4.78 is 80.3.